The highest BCUT2D eigenvalue weighted by molar-refractivity contribution is 9.11. The molecule has 0 aromatic rings. The van der Waals surface area contributed by atoms with Crippen molar-refractivity contribution in [2.24, 2.45) is 0 Å². The third-order valence-corrected chi connectivity index (χ3v) is 8.02. The summed E-state index contributed by atoms with van der Waals surface area (Å²) in [7, 11) is 0. The molecule has 0 bridgehead atoms. The number of nitrogens with zero attached hydrogens (tertiary/aromatic N) is 2. The molecule has 0 radical (unpaired) electrons. The van der Waals surface area contributed by atoms with Gasteiger partial charge in [-0.2, -0.15) is 0 Å². The molecule has 1 unspecified atom stereocenters. The number of hydrogen-bond acceptors (Lipinski definition) is 2. The van der Waals surface area contributed by atoms with E-state index < -0.39 is 0 Å². The molecule has 1 heterocycles. The minimum Gasteiger partial charge on any atom is -0.355 e. The number of hydrogen-bond donors (Lipinski definition) is 0. The predicted octanol–water partition coefficient (Wildman–Crippen LogP) is 10.8. The van der Waals surface area contributed by atoms with Crippen molar-refractivity contribution in [3.63, 3.8) is 0 Å². The summed E-state index contributed by atoms with van der Waals surface area (Å²) in [5, 5.41) is 0. The van der Waals surface area contributed by atoms with Crippen LogP contribution in [0, 0.1) is 0 Å². The lowest BCUT2D eigenvalue weighted by Crippen LogP contribution is -2.40. The van der Waals surface area contributed by atoms with Gasteiger partial charge in [0.25, 0.3) is 0 Å². The largest absolute Gasteiger partial charge is 0.355 e. The number of rotatable bonds is 24. The molecule has 196 valence electrons. The molecule has 1 rings (SSSR count). The Morgan fingerprint density at radius 3 is 1.36 bits per heavy atom. The van der Waals surface area contributed by atoms with Crippen molar-refractivity contribution in [3.8, 4) is 0 Å². The molecule has 0 fully saturated rings. The maximum absolute atomic E-state index is 3.88. The monoisotopic (exact) mass is 526 g/mol. The molecule has 0 spiro atoms. The van der Waals surface area contributed by atoms with E-state index >= 15 is 0 Å². The highest BCUT2D eigenvalue weighted by Crippen LogP contribution is 2.30. The minimum atomic E-state index is 0.585. The average Bonchev–Trinajstić information content (AvgIpc) is 3.10. The van der Waals surface area contributed by atoms with E-state index in [-0.39, 0.29) is 0 Å². The first-order chi connectivity index (χ1) is 16.2. The summed E-state index contributed by atoms with van der Waals surface area (Å²) in [5.41, 5.74) is 0. The normalized spacial score (nSPS) is 16.1. The summed E-state index contributed by atoms with van der Waals surface area (Å²) in [6, 6.07) is 0. The van der Waals surface area contributed by atoms with Crippen LogP contribution in [0.4, 0.5) is 0 Å². The van der Waals surface area contributed by atoms with Crippen molar-refractivity contribution < 1.29 is 0 Å². The van der Waals surface area contributed by atoms with Crippen molar-refractivity contribution in [1.82, 2.24) is 9.80 Å². The van der Waals surface area contributed by atoms with Crippen molar-refractivity contribution in [2.75, 3.05) is 13.1 Å². The summed E-state index contributed by atoms with van der Waals surface area (Å²) in [5.74, 6) is 0. The Balaban J connectivity index is 2.06. The molecule has 1 aliphatic rings. The van der Waals surface area contributed by atoms with Gasteiger partial charge in [-0.1, -0.05) is 143 Å². The van der Waals surface area contributed by atoms with Crippen LogP contribution in [0.3, 0.4) is 0 Å². The second-order valence-electron chi connectivity index (χ2n) is 10.5. The molecule has 0 saturated carbocycles. The zero-order valence-corrected chi connectivity index (χ0v) is 24.5. The van der Waals surface area contributed by atoms with E-state index in [0.29, 0.717) is 6.17 Å². The van der Waals surface area contributed by atoms with Gasteiger partial charge in [0, 0.05) is 19.3 Å². The predicted molar refractivity (Wildman–Crippen MR) is 153 cm³/mol. The summed E-state index contributed by atoms with van der Waals surface area (Å²) in [6.45, 7) is 9.37. The topological polar surface area (TPSA) is 6.48 Å². The molecular formula is C30H59BrN2. The molecule has 1 atom stereocenters. The quantitative estimate of drug-likeness (QED) is 0.0910. The molecule has 0 N–H and O–H groups in total. The first-order valence-corrected chi connectivity index (χ1v) is 15.9. The maximum Gasteiger partial charge on any atom is 0.102 e. The third kappa shape index (κ3) is 15.4. The van der Waals surface area contributed by atoms with Crippen molar-refractivity contribution in [3.05, 3.63) is 10.8 Å². The van der Waals surface area contributed by atoms with E-state index in [1.54, 1.807) is 0 Å². The molecule has 3 heteroatoms. The van der Waals surface area contributed by atoms with Gasteiger partial charge in [-0.05, 0) is 35.2 Å². The fourth-order valence-corrected chi connectivity index (χ4v) is 5.90. The third-order valence-electron chi connectivity index (χ3n) is 7.36. The zero-order valence-electron chi connectivity index (χ0n) is 22.9. The SMILES string of the molecule is CCCCCCCCCCCCCCCCN1C=C(Br)N(CCCCCCCC)C1CCC. The Hall–Kier alpha value is -0.180. The zero-order chi connectivity index (χ0) is 24.0. The van der Waals surface area contributed by atoms with Gasteiger partial charge >= 0.3 is 0 Å². The Kier molecular flexibility index (Phi) is 20.8. The van der Waals surface area contributed by atoms with Gasteiger partial charge in [-0.15, -0.1) is 0 Å². The summed E-state index contributed by atoms with van der Waals surface area (Å²) in [4.78, 5) is 5.26. The lowest BCUT2D eigenvalue weighted by molar-refractivity contribution is 0.136. The minimum absolute atomic E-state index is 0.585. The van der Waals surface area contributed by atoms with Crippen LogP contribution < -0.4 is 0 Å². The van der Waals surface area contributed by atoms with E-state index in [2.05, 4.69) is 52.7 Å². The molecule has 0 aromatic carbocycles. The van der Waals surface area contributed by atoms with E-state index in [1.807, 2.05) is 0 Å². The van der Waals surface area contributed by atoms with Crippen LogP contribution in [0.2, 0.25) is 0 Å². The fraction of sp³-hybridized carbons (Fsp3) is 0.933. The second kappa shape index (κ2) is 22.3. The maximum atomic E-state index is 3.88. The van der Waals surface area contributed by atoms with Crippen LogP contribution in [0.5, 0.6) is 0 Å². The lowest BCUT2D eigenvalue weighted by atomic mass is 10.0. The Bertz CT molecular complexity index is 451. The highest BCUT2D eigenvalue weighted by Gasteiger charge is 2.29. The molecule has 33 heavy (non-hydrogen) atoms. The van der Waals surface area contributed by atoms with Crippen LogP contribution in [0.15, 0.2) is 10.8 Å². The van der Waals surface area contributed by atoms with Gasteiger partial charge in [0.05, 0.1) is 4.61 Å². The first kappa shape index (κ1) is 30.9. The average molecular weight is 528 g/mol. The van der Waals surface area contributed by atoms with Gasteiger partial charge in [0.1, 0.15) is 6.17 Å². The molecule has 2 nitrogen and oxygen atoms in total. The van der Waals surface area contributed by atoms with Gasteiger partial charge in [-0.25, -0.2) is 0 Å². The fourth-order valence-electron chi connectivity index (χ4n) is 5.22. The summed E-state index contributed by atoms with van der Waals surface area (Å²) < 4.78 is 1.32. The number of unbranched alkanes of at least 4 members (excludes halogenated alkanes) is 18. The van der Waals surface area contributed by atoms with Crippen molar-refractivity contribution in [1.29, 1.82) is 0 Å². The van der Waals surface area contributed by atoms with Gasteiger partial charge < -0.3 is 9.80 Å². The van der Waals surface area contributed by atoms with Crippen LogP contribution in [-0.2, 0) is 0 Å². The van der Waals surface area contributed by atoms with E-state index in [9.17, 15) is 0 Å². The standard InChI is InChI=1S/C30H59BrN2/c1-4-7-9-11-13-14-15-16-17-18-19-20-21-23-26-32-28-29(31)33(30(32)25-6-3)27-24-22-12-10-8-5-2/h28,30H,4-27H2,1-3H3. The van der Waals surface area contributed by atoms with E-state index in [1.165, 1.54) is 159 Å². The Labute approximate surface area is 217 Å². The molecule has 0 saturated heterocycles. The Morgan fingerprint density at radius 1 is 0.545 bits per heavy atom. The highest BCUT2D eigenvalue weighted by atomic mass is 79.9. The summed E-state index contributed by atoms with van der Waals surface area (Å²) in [6.07, 6.45) is 33.9. The molecule has 0 amide bonds. The van der Waals surface area contributed by atoms with Crippen molar-refractivity contribution in [2.45, 2.75) is 168 Å². The molecule has 1 aliphatic heterocycles. The molecular weight excluding hydrogens is 468 g/mol. The van der Waals surface area contributed by atoms with Gasteiger partial charge in [0.2, 0.25) is 0 Å². The molecule has 0 aromatic heterocycles. The smallest absolute Gasteiger partial charge is 0.102 e. The Morgan fingerprint density at radius 2 is 0.939 bits per heavy atom. The van der Waals surface area contributed by atoms with Gasteiger partial charge in [0.15, 0.2) is 0 Å². The van der Waals surface area contributed by atoms with Crippen LogP contribution in [-0.4, -0.2) is 29.1 Å². The van der Waals surface area contributed by atoms with E-state index in [4.69, 9.17) is 0 Å². The van der Waals surface area contributed by atoms with Crippen molar-refractivity contribution >= 4 is 15.9 Å². The lowest BCUT2D eigenvalue weighted by Gasteiger charge is -2.33. The first-order valence-electron chi connectivity index (χ1n) is 15.1. The van der Waals surface area contributed by atoms with Crippen LogP contribution >= 0.6 is 15.9 Å². The van der Waals surface area contributed by atoms with E-state index in [0.717, 1.165) is 0 Å². The second-order valence-corrected chi connectivity index (χ2v) is 11.3. The van der Waals surface area contributed by atoms with Gasteiger partial charge in [-0.3, -0.25) is 0 Å². The molecule has 0 aliphatic carbocycles. The van der Waals surface area contributed by atoms with Crippen LogP contribution in [0.25, 0.3) is 0 Å². The number of halogens is 1. The summed E-state index contributed by atoms with van der Waals surface area (Å²) >= 11 is 3.88. The van der Waals surface area contributed by atoms with Crippen LogP contribution in [0.1, 0.15) is 162 Å².